The summed E-state index contributed by atoms with van der Waals surface area (Å²) in [6, 6.07) is 11.1. The van der Waals surface area contributed by atoms with Gasteiger partial charge in [-0.2, -0.15) is 5.10 Å². The van der Waals surface area contributed by atoms with Crippen molar-refractivity contribution in [3.05, 3.63) is 65.8 Å². The third-order valence-electron chi connectivity index (χ3n) is 4.56. The average Bonchev–Trinajstić information content (AvgIpc) is 3.22. The van der Waals surface area contributed by atoms with E-state index in [4.69, 9.17) is 14.2 Å². The molecule has 0 radical (unpaired) electrons. The number of hydrogen-bond donors (Lipinski definition) is 0. The molecule has 7 heteroatoms. The van der Waals surface area contributed by atoms with Gasteiger partial charge in [0.1, 0.15) is 35.5 Å². The lowest BCUT2D eigenvalue weighted by molar-refractivity contribution is 0.103. The largest absolute Gasteiger partial charge is 0.496 e. The highest BCUT2D eigenvalue weighted by atomic mass is 16.5. The van der Waals surface area contributed by atoms with Crippen molar-refractivity contribution in [2.75, 3.05) is 20.8 Å². The fraction of sp³-hybridized carbons (Fsp3) is 0.190. The summed E-state index contributed by atoms with van der Waals surface area (Å²) in [5.74, 6) is 1.40. The molecule has 4 rings (SSSR count). The Kier molecular flexibility index (Phi) is 4.80. The van der Waals surface area contributed by atoms with E-state index in [2.05, 4.69) is 10.1 Å². The fourth-order valence-electron chi connectivity index (χ4n) is 3.13. The molecule has 1 aliphatic heterocycles. The quantitative estimate of drug-likeness (QED) is 0.649. The van der Waals surface area contributed by atoms with Crippen LogP contribution in [0.3, 0.4) is 0 Å². The molecule has 0 spiro atoms. The molecular formula is C21H19N3O4. The predicted molar refractivity (Wildman–Crippen MR) is 103 cm³/mol. The van der Waals surface area contributed by atoms with Gasteiger partial charge >= 0.3 is 0 Å². The summed E-state index contributed by atoms with van der Waals surface area (Å²) in [5, 5.41) is 4.11. The summed E-state index contributed by atoms with van der Waals surface area (Å²) in [6.07, 6.45) is 5.51. The van der Waals surface area contributed by atoms with Crippen molar-refractivity contribution < 1.29 is 19.0 Å². The maximum absolute atomic E-state index is 13.2. The van der Waals surface area contributed by atoms with Crippen LogP contribution in [0.25, 0.3) is 11.8 Å². The average molecular weight is 377 g/mol. The zero-order valence-electron chi connectivity index (χ0n) is 15.6. The van der Waals surface area contributed by atoms with Gasteiger partial charge in [0.25, 0.3) is 0 Å². The Morgan fingerprint density at radius 3 is 2.64 bits per heavy atom. The van der Waals surface area contributed by atoms with E-state index in [0.29, 0.717) is 41.4 Å². The molecule has 0 aliphatic carbocycles. The number of methoxy groups -OCH3 is 2. The molecule has 0 bridgehead atoms. The maximum atomic E-state index is 13.2. The lowest BCUT2D eigenvalue weighted by atomic mass is 9.98. The van der Waals surface area contributed by atoms with Crippen LogP contribution in [0.4, 0.5) is 0 Å². The first-order chi connectivity index (χ1) is 13.7. The molecule has 0 fully saturated rings. The van der Waals surface area contributed by atoms with Gasteiger partial charge in [-0.25, -0.2) is 9.67 Å². The molecule has 3 aromatic rings. The minimum absolute atomic E-state index is 0.104. The zero-order chi connectivity index (χ0) is 19.5. The number of carbonyl (C=O) groups is 1. The highest BCUT2D eigenvalue weighted by Gasteiger charge is 2.26. The zero-order valence-corrected chi connectivity index (χ0v) is 15.6. The number of rotatable bonds is 4. The molecule has 0 N–H and O–H groups in total. The number of nitrogens with zero attached hydrogens (tertiary/aromatic N) is 3. The van der Waals surface area contributed by atoms with Crippen LogP contribution >= 0.6 is 0 Å². The Balaban J connectivity index is 1.68. The number of Topliss-reactive ketones (excluding diaryl/α,β-unsaturated/α-hetero) is 1. The van der Waals surface area contributed by atoms with E-state index in [9.17, 15) is 4.79 Å². The van der Waals surface area contributed by atoms with Crippen LogP contribution in [0.15, 0.2) is 54.6 Å². The minimum Gasteiger partial charge on any atom is -0.496 e. The first-order valence-electron chi connectivity index (χ1n) is 8.79. The lowest BCUT2D eigenvalue weighted by Crippen LogP contribution is -2.05. The van der Waals surface area contributed by atoms with Crippen molar-refractivity contribution in [3.63, 3.8) is 0 Å². The molecule has 0 saturated heterocycles. The number of benzene rings is 2. The summed E-state index contributed by atoms with van der Waals surface area (Å²) in [4.78, 5) is 17.1. The second kappa shape index (κ2) is 7.56. The molecule has 7 nitrogen and oxygen atoms in total. The van der Waals surface area contributed by atoms with Crippen LogP contribution in [-0.4, -0.2) is 41.4 Å². The van der Waals surface area contributed by atoms with E-state index in [1.54, 1.807) is 30.3 Å². The lowest BCUT2D eigenvalue weighted by Gasteiger charge is -2.12. The Hall–Kier alpha value is -3.61. The Morgan fingerprint density at radius 1 is 1.14 bits per heavy atom. The standard InChI is InChI=1S/C21H19N3O4/c1-26-17-10-18(27-2)20-19(11-17)28-8-7-15(21(20)25)9-14-3-5-16(6-4-14)24-13-22-12-23-24/h3-6,9-13H,7-8H2,1-2H3/b15-9+. The van der Waals surface area contributed by atoms with Crippen molar-refractivity contribution >= 4 is 11.9 Å². The van der Waals surface area contributed by atoms with E-state index < -0.39 is 0 Å². The van der Waals surface area contributed by atoms with E-state index in [0.717, 1.165) is 11.3 Å². The molecule has 2 aromatic carbocycles. The highest BCUT2D eigenvalue weighted by molar-refractivity contribution is 6.15. The molecule has 142 valence electrons. The van der Waals surface area contributed by atoms with Gasteiger partial charge in [0.05, 0.1) is 26.5 Å². The first-order valence-corrected chi connectivity index (χ1v) is 8.79. The van der Waals surface area contributed by atoms with Crippen molar-refractivity contribution in [1.29, 1.82) is 0 Å². The van der Waals surface area contributed by atoms with Crippen molar-refractivity contribution in [3.8, 4) is 22.9 Å². The number of carbonyl (C=O) groups excluding carboxylic acids is 1. The summed E-state index contributed by atoms with van der Waals surface area (Å²) in [6.45, 7) is 0.401. The van der Waals surface area contributed by atoms with Crippen LogP contribution in [0.1, 0.15) is 22.3 Å². The fourth-order valence-corrected chi connectivity index (χ4v) is 3.13. The number of aromatic nitrogens is 3. The predicted octanol–water partition coefficient (Wildman–Crippen LogP) is 3.33. The van der Waals surface area contributed by atoms with Gasteiger partial charge < -0.3 is 14.2 Å². The smallest absolute Gasteiger partial charge is 0.196 e. The topological polar surface area (TPSA) is 75.5 Å². The van der Waals surface area contributed by atoms with Crippen LogP contribution in [0.5, 0.6) is 17.2 Å². The number of fused-ring (bicyclic) bond motifs is 1. The van der Waals surface area contributed by atoms with Crippen molar-refractivity contribution in [1.82, 2.24) is 14.8 Å². The van der Waals surface area contributed by atoms with E-state index in [-0.39, 0.29) is 5.78 Å². The SMILES string of the molecule is COc1cc(OC)c2c(c1)OCC/C(=C\c1ccc(-n3cncn3)cc1)C2=O. The monoisotopic (exact) mass is 377 g/mol. The van der Waals surface area contributed by atoms with Gasteiger partial charge in [0.15, 0.2) is 5.78 Å². The third-order valence-corrected chi connectivity index (χ3v) is 4.56. The molecule has 28 heavy (non-hydrogen) atoms. The first kappa shape index (κ1) is 17.8. The summed E-state index contributed by atoms with van der Waals surface area (Å²) in [5.41, 5.74) is 2.90. The molecular weight excluding hydrogens is 358 g/mol. The molecule has 1 aromatic heterocycles. The normalized spacial score (nSPS) is 14.9. The van der Waals surface area contributed by atoms with Gasteiger partial charge in [-0.05, 0) is 23.8 Å². The summed E-state index contributed by atoms with van der Waals surface area (Å²) >= 11 is 0. The summed E-state index contributed by atoms with van der Waals surface area (Å²) < 4.78 is 18.2. The van der Waals surface area contributed by atoms with Gasteiger partial charge in [0.2, 0.25) is 0 Å². The minimum atomic E-state index is -0.104. The maximum Gasteiger partial charge on any atom is 0.196 e. The van der Waals surface area contributed by atoms with Crippen molar-refractivity contribution in [2.45, 2.75) is 6.42 Å². The number of ketones is 1. The molecule has 0 saturated carbocycles. The Labute approximate surface area is 162 Å². The second-order valence-corrected chi connectivity index (χ2v) is 6.23. The van der Waals surface area contributed by atoms with Gasteiger partial charge in [-0.1, -0.05) is 12.1 Å². The van der Waals surface area contributed by atoms with E-state index >= 15 is 0 Å². The molecule has 0 amide bonds. The van der Waals surface area contributed by atoms with Crippen LogP contribution in [0.2, 0.25) is 0 Å². The number of ether oxygens (including phenoxy) is 3. The molecule has 0 unspecified atom stereocenters. The van der Waals surface area contributed by atoms with Crippen molar-refractivity contribution in [2.24, 2.45) is 0 Å². The molecule has 2 heterocycles. The van der Waals surface area contributed by atoms with Gasteiger partial charge in [0, 0.05) is 24.1 Å². The second-order valence-electron chi connectivity index (χ2n) is 6.23. The molecule has 1 aliphatic rings. The Morgan fingerprint density at radius 2 is 1.96 bits per heavy atom. The summed E-state index contributed by atoms with van der Waals surface area (Å²) in [7, 11) is 3.09. The highest BCUT2D eigenvalue weighted by Crippen LogP contribution is 2.38. The van der Waals surface area contributed by atoms with Crippen LogP contribution < -0.4 is 14.2 Å². The van der Waals surface area contributed by atoms with E-state index in [1.807, 2.05) is 30.3 Å². The van der Waals surface area contributed by atoms with Gasteiger partial charge in [-0.3, -0.25) is 4.79 Å². The third kappa shape index (κ3) is 3.34. The number of hydrogen-bond acceptors (Lipinski definition) is 6. The van der Waals surface area contributed by atoms with Crippen LogP contribution in [0, 0.1) is 0 Å². The molecule has 0 atom stereocenters. The van der Waals surface area contributed by atoms with E-state index in [1.165, 1.54) is 13.4 Å². The van der Waals surface area contributed by atoms with Crippen LogP contribution in [-0.2, 0) is 0 Å². The Bertz CT molecular complexity index is 1020. The van der Waals surface area contributed by atoms with Gasteiger partial charge in [-0.15, -0.1) is 0 Å².